The van der Waals surface area contributed by atoms with Crippen LogP contribution in [0.2, 0.25) is 45.3 Å². The zero-order chi connectivity index (χ0) is 24.1. The predicted molar refractivity (Wildman–Crippen MR) is 127 cm³/mol. The molecule has 0 aromatic heterocycles. The molecule has 0 aromatic carbocycles. The largest absolute Gasteiger partial charge is 0.479 e. The van der Waals surface area contributed by atoms with Gasteiger partial charge < -0.3 is 32.2 Å². The molecule has 0 aliphatic rings. The highest BCUT2D eigenvalue weighted by Crippen LogP contribution is 2.26. The first kappa shape index (κ1) is 30.0. The van der Waals surface area contributed by atoms with Crippen LogP contribution in [0.1, 0.15) is 13.3 Å². The third-order valence-electron chi connectivity index (χ3n) is 3.42. The highest BCUT2D eigenvalue weighted by molar-refractivity contribution is 6.85. The van der Waals surface area contributed by atoms with E-state index in [1.165, 1.54) is 0 Å². The van der Waals surface area contributed by atoms with Crippen molar-refractivity contribution in [1.82, 2.24) is 5.32 Å². The van der Waals surface area contributed by atoms with Crippen molar-refractivity contribution in [3.63, 3.8) is 0 Å². The van der Waals surface area contributed by atoms with Crippen LogP contribution >= 0.6 is 0 Å². The lowest BCUT2D eigenvalue weighted by atomic mass is 10.4. The molecule has 0 heterocycles. The number of alkyl carbamates (subject to hydrolysis) is 1. The average Bonchev–Trinajstić information content (AvgIpc) is 2.61. The number of rotatable bonds is 16. The SMILES string of the molecule is C=C(C)C(=O)OCCNC(=O)OCCOCCC[Si](OC)(O[Si](C)(C)C)O[Si](C)(C)C. The summed E-state index contributed by atoms with van der Waals surface area (Å²) < 4.78 is 34.0. The Balaban J connectivity index is 4.12. The fraction of sp³-hybridized carbons (Fsp3) is 0.789. The van der Waals surface area contributed by atoms with E-state index in [2.05, 4.69) is 51.2 Å². The lowest BCUT2D eigenvalue weighted by Gasteiger charge is -2.38. The molecule has 0 aromatic rings. The normalized spacial score (nSPS) is 12.4. The summed E-state index contributed by atoms with van der Waals surface area (Å²) >= 11 is 0. The summed E-state index contributed by atoms with van der Waals surface area (Å²) in [6.45, 7) is 18.9. The fourth-order valence-corrected chi connectivity index (χ4v) is 12.7. The molecule has 0 fully saturated rings. The molecule has 12 heteroatoms. The van der Waals surface area contributed by atoms with Gasteiger partial charge in [0.2, 0.25) is 0 Å². The lowest BCUT2D eigenvalue weighted by molar-refractivity contribution is -0.138. The summed E-state index contributed by atoms with van der Waals surface area (Å²) in [6, 6.07) is 0.683. The Bertz CT molecular complexity index is 559. The van der Waals surface area contributed by atoms with E-state index in [0.29, 0.717) is 18.2 Å². The van der Waals surface area contributed by atoms with Crippen LogP contribution in [0.5, 0.6) is 0 Å². The standard InChI is InChI=1S/C19H41NO8Si3/c1-17(2)18(21)25-13-11-20-19(22)26-15-14-24-12-10-16-31(23-3,27-29(4,5)6)28-30(7,8)9/h1,10-16H2,2-9H3,(H,20,22). The quantitative estimate of drug-likeness (QED) is 0.150. The van der Waals surface area contributed by atoms with Crippen molar-refractivity contribution >= 4 is 37.5 Å². The Labute approximate surface area is 190 Å². The van der Waals surface area contributed by atoms with Gasteiger partial charge in [0.25, 0.3) is 0 Å². The topological polar surface area (TPSA) is 102 Å². The molecule has 182 valence electrons. The average molecular weight is 496 g/mol. The molecule has 0 rings (SSSR count). The van der Waals surface area contributed by atoms with E-state index >= 15 is 0 Å². The fourth-order valence-electron chi connectivity index (χ4n) is 2.40. The molecule has 0 spiro atoms. The van der Waals surface area contributed by atoms with Gasteiger partial charge >= 0.3 is 20.9 Å². The first-order valence-corrected chi connectivity index (χ1v) is 19.2. The maximum Gasteiger partial charge on any atom is 0.479 e. The molecule has 0 aliphatic heterocycles. The Morgan fingerprint density at radius 2 is 1.45 bits per heavy atom. The van der Waals surface area contributed by atoms with Crippen LogP contribution in [0.15, 0.2) is 12.2 Å². The third kappa shape index (κ3) is 16.3. The lowest BCUT2D eigenvalue weighted by Crippen LogP contribution is -2.56. The monoisotopic (exact) mass is 495 g/mol. The van der Waals surface area contributed by atoms with Crippen LogP contribution < -0.4 is 5.32 Å². The van der Waals surface area contributed by atoms with Gasteiger partial charge in [-0.3, -0.25) is 0 Å². The predicted octanol–water partition coefficient (Wildman–Crippen LogP) is 3.53. The van der Waals surface area contributed by atoms with Crippen LogP contribution in [0.3, 0.4) is 0 Å². The van der Waals surface area contributed by atoms with Crippen LogP contribution in [0, 0.1) is 0 Å². The second-order valence-electron chi connectivity index (χ2n) is 9.01. The molecule has 0 aliphatic carbocycles. The van der Waals surface area contributed by atoms with Gasteiger partial charge in [-0.25, -0.2) is 9.59 Å². The number of hydrogen-bond acceptors (Lipinski definition) is 8. The minimum atomic E-state index is -2.75. The van der Waals surface area contributed by atoms with Gasteiger partial charge in [0.15, 0.2) is 16.6 Å². The van der Waals surface area contributed by atoms with Crippen LogP contribution in [0.25, 0.3) is 0 Å². The second kappa shape index (κ2) is 14.2. The van der Waals surface area contributed by atoms with Crippen molar-refractivity contribution < 1.29 is 36.5 Å². The second-order valence-corrected chi connectivity index (χ2v) is 21.4. The highest BCUT2D eigenvalue weighted by atomic mass is 28.5. The summed E-state index contributed by atoms with van der Waals surface area (Å²) in [7, 11) is -4.76. The van der Waals surface area contributed by atoms with Crippen molar-refractivity contribution in [2.75, 3.05) is 40.1 Å². The van der Waals surface area contributed by atoms with Crippen molar-refractivity contribution in [3.05, 3.63) is 12.2 Å². The van der Waals surface area contributed by atoms with Gasteiger partial charge in [-0.2, -0.15) is 0 Å². The van der Waals surface area contributed by atoms with Crippen LogP contribution in [-0.4, -0.2) is 77.6 Å². The zero-order valence-corrected chi connectivity index (χ0v) is 23.4. The molecule has 0 bridgehead atoms. The number of ether oxygens (including phenoxy) is 3. The Morgan fingerprint density at radius 3 is 1.94 bits per heavy atom. The number of amides is 1. The highest BCUT2D eigenvalue weighted by Gasteiger charge is 2.46. The summed E-state index contributed by atoms with van der Waals surface area (Å²) in [5, 5.41) is 2.49. The minimum Gasteiger partial charge on any atom is -0.460 e. The van der Waals surface area contributed by atoms with Gasteiger partial charge in [-0.1, -0.05) is 6.58 Å². The number of esters is 1. The van der Waals surface area contributed by atoms with E-state index in [1.807, 2.05) is 0 Å². The minimum absolute atomic E-state index is 0.0570. The Hall–Kier alpha value is -1.03. The number of carbonyl (C=O) groups excluding carboxylic acids is 2. The molecule has 9 nitrogen and oxygen atoms in total. The van der Waals surface area contributed by atoms with Crippen molar-refractivity contribution in [2.45, 2.75) is 58.7 Å². The molecule has 0 atom stereocenters. The summed E-state index contributed by atoms with van der Waals surface area (Å²) in [5.41, 5.74) is 0.309. The molecule has 31 heavy (non-hydrogen) atoms. The van der Waals surface area contributed by atoms with Gasteiger partial charge in [0, 0.05) is 25.3 Å². The van der Waals surface area contributed by atoms with E-state index in [-0.39, 0.29) is 26.4 Å². The summed E-state index contributed by atoms with van der Waals surface area (Å²) in [5.74, 6) is -0.491. The van der Waals surface area contributed by atoms with E-state index in [1.54, 1.807) is 14.0 Å². The van der Waals surface area contributed by atoms with Crippen molar-refractivity contribution in [1.29, 1.82) is 0 Å². The van der Waals surface area contributed by atoms with Gasteiger partial charge in [0.05, 0.1) is 13.2 Å². The molecule has 0 unspecified atom stereocenters. The first-order valence-electron chi connectivity index (χ1n) is 10.5. The van der Waals surface area contributed by atoms with Gasteiger partial charge in [0.1, 0.15) is 13.2 Å². The Kier molecular flexibility index (Phi) is 13.7. The molecule has 1 N–H and O–H groups in total. The van der Waals surface area contributed by atoms with Crippen molar-refractivity contribution in [3.8, 4) is 0 Å². The molecule has 0 radical (unpaired) electrons. The van der Waals surface area contributed by atoms with E-state index in [4.69, 9.17) is 26.9 Å². The molecule has 0 saturated carbocycles. The summed E-state index contributed by atoms with van der Waals surface area (Å²) in [4.78, 5) is 22.8. The number of carbonyl (C=O) groups is 2. The van der Waals surface area contributed by atoms with Crippen molar-refractivity contribution in [2.24, 2.45) is 0 Å². The number of nitrogens with one attached hydrogen (secondary N) is 1. The first-order chi connectivity index (χ1) is 14.2. The van der Waals surface area contributed by atoms with E-state index in [9.17, 15) is 9.59 Å². The Morgan fingerprint density at radius 1 is 0.871 bits per heavy atom. The molecular weight excluding hydrogens is 454 g/mol. The smallest absolute Gasteiger partial charge is 0.460 e. The van der Waals surface area contributed by atoms with E-state index in [0.717, 1.165) is 6.42 Å². The molecular formula is C19H41NO8Si3. The third-order valence-corrected chi connectivity index (χ3v) is 12.4. The van der Waals surface area contributed by atoms with E-state index < -0.39 is 37.5 Å². The summed E-state index contributed by atoms with van der Waals surface area (Å²) in [6.07, 6.45) is 0.142. The molecule has 1 amide bonds. The van der Waals surface area contributed by atoms with Gasteiger partial charge in [-0.15, -0.1) is 0 Å². The van der Waals surface area contributed by atoms with Gasteiger partial charge in [-0.05, 0) is 52.6 Å². The number of hydrogen-bond donors (Lipinski definition) is 1. The maximum absolute atomic E-state index is 11.6. The van der Waals surface area contributed by atoms with Crippen LogP contribution in [0.4, 0.5) is 4.79 Å². The maximum atomic E-state index is 11.6. The zero-order valence-electron chi connectivity index (χ0n) is 20.4. The molecule has 0 saturated heterocycles. The van der Waals surface area contributed by atoms with Crippen LogP contribution in [-0.2, 0) is 31.7 Å².